The van der Waals surface area contributed by atoms with Crippen LogP contribution in [0.15, 0.2) is 48.6 Å². The number of methoxy groups -OCH3 is 1. The van der Waals surface area contributed by atoms with Gasteiger partial charge in [-0.2, -0.15) is 0 Å². The van der Waals surface area contributed by atoms with E-state index in [2.05, 4.69) is 21.8 Å². The minimum absolute atomic E-state index is 0.0602. The molecule has 1 N–H and O–H groups in total. The molecule has 9 nitrogen and oxygen atoms in total. The first-order valence-electron chi connectivity index (χ1n) is 17.2. The van der Waals surface area contributed by atoms with Gasteiger partial charge in [0.1, 0.15) is 11.4 Å². The molecule has 4 aliphatic rings. The second kappa shape index (κ2) is 14.1. The van der Waals surface area contributed by atoms with Crippen LogP contribution >= 0.6 is 11.6 Å². The van der Waals surface area contributed by atoms with E-state index >= 15 is 0 Å². The number of benzene rings is 2. The van der Waals surface area contributed by atoms with E-state index < -0.39 is 26.8 Å². The predicted octanol–water partition coefficient (Wildman–Crippen LogP) is 5.87. The number of anilines is 1. The maximum atomic E-state index is 13.8. The summed E-state index contributed by atoms with van der Waals surface area (Å²) in [6.45, 7) is 6.04. The van der Waals surface area contributed by atoms with Gasteiger partial charge in [-0.1, -0.05) is 30.7 Å². The highest BCUT2D eigenvalue weighted by Gasteiger charge is 2.49. The molecular formula is C37H47ClN2O7S. The fourth-order valence-electron chi connectivity index (χ4n) is 8.47. The van der Waals surface area contributed by atoms with E-state index in [1.54, 1.807) is 18.2 Å². The van der Waals surface area contributed by atoms with Crippen LogP contribution in [0.25, 0.3) is 0 Å². The molecule has 1 spiro atoms. The lowest BCUT2D eigenvalue weighted by Crippen LogP contribution is -2.54. The van der Waals surface area contributed by atoms with Gasteiger partial charge in [0.2, 0.25) is 10.0 Å². The van der Waals surface area contributed by atoms with Gasteiger partial charge in [0, 0.05) is 55.3 Å². The van der Waals surface area contributed by atoms with Crippen molar-refractivity contribution in [2.45, 2.75) is 75.1 Å². The molecule has 2 bridgehead atoms. The molecule has 11 heteroatoms. The lowest BCUT2D eigenvalue weighted by atomic mass is 9.64. The zero-order chi connectivity index (χ0) is 34.1. The van der Waals surface area contributed by atoms with Crippen molar-refractivity contribution >= 4 is 39.5 Å². The Morgan fingerprint density at radius 1 is 1.19 bits per heavy atom. The standard InChI is InChI=1S/C37H47ClN2O7S/c1-4-47-37(23-41)17-5-7-25(2)34(15-18-45-3)48(43,44)39-35(42)27-10-14-33-32(20-27)40(21-28-9-12-31(28)37)22-36(24-46-33)16-6-8-26-19-29(38)11-13-30(26)36/h5,10-11,13-14,17,19-20,23,25,28,31,34H,4,6-9,12,15-16,18,21-22,24H2,1-3H3,(H,39,42)/b17-5+/t25-,28-,31+,34+,36-,37-/m0/s1. The van der Waals surface area contributed by atoms with Crippen LogP contribution in [-0.2, 0) is 36.1 Å². The highest BCUT2D eigenvalue weighted by atomic mass is 35.5. The Balaban J connectivity index is 1.46. The highest BCUT2D eigenvalue weighted by molar-refractivity contribution is 7.90. The van der Waals surface area contributed by atoms with E-state index in [1.807, 2.05) is 32.1 Å². The van der Waals surface area contributed by atoms with Crippen molar-refractivity contribution in [3.8, 4) is 5.75 Å². The number of halogens is 1. The van der Waals surface area contributed by atoms with Crippen LogP contribution in [0.4, 0.5) is 5.69 Å². The summed E-state index contributed by atoms with van der Waals surface area (Å²) in [6, 6.07) is 11.3. The zero-order valence-electron chi connectivity index (χ0n) is 28.1. The number of hydrogen-bond acceptors (Lipinski definition) is 8. The van der Waals surface area contributed by atoms with Crippen LogP contribution in [-0.4, -0.2) is 71.5 Å². The van der Waals surface area contributed by atoms with Crippen molar-refractivity contribution in [3.63, 3.8) is 0 Å². The fourth-order valence-corrected chi connectivity index (χ4v) is 10.3. The number of nitrogens with zero attached hydrogens (tertiary/aromatic N) is 1. The molecule has 0 saturated heterocycles. The zero-order valence-corrected chi connectivity index (χ0v) is 29.7. The molecule has 1 fully saturated rings. The number of carbonyl (C=O) groups excluding carboxylic acids is 2. The topological polar surface area (TPSA) is 111 Å². The number of aldehydes is 1. The van der Waals surface area contributed by atoms with Crippen LogP contribution in [0.3, 0.4) is 0 Å². The number of aryl methyl sites for hydroxylation is 1. The number of sulfonamides is 1. The molecule has 0 radical (unpaired) electrons. The number of ether oxygens (including phenoxy) is 3. The summed E-state index contributed by atoms with van der Waals surface area (Å²) < 4.78 is 48.0. The molecule has 0 aromatic heterocycles. The molecule has 2 aromatic rings. The van der Waals surface area contributed by atoms with Gasteiger partial charge >= 0.3 is 0 Å². The quantitative estimate of drug-likeness (QED) is 0.295. The first kappa shape index (κ1) is 34.9. The molecule has 6 atom stereocenters. The van der Waals surface area contributed by atoms with Crippen LogP contribution in [0, 0.1) is 17.8 Å². The molecule has 1 saturated carbocycles. The highest BCUT2D eigenvalue weighted by Crippen LogP contribution is 2.48. The Morgan fingerprint density at radius 3 is 2.75 bits per heavy atom. The van der Waals surface area contributed by atoms with E-state index in [4.69, 9.17) is 25.8 Å². The summed E-state index contributed by atoms with van der Waals surface area (Å²) in [5.41, 5.74) is 1.98. The van der Waals surface area contributed by atoms with Crippen molar-refractivity contribution in [1.82, 2.24) is 4.72 Å². The second-order valence-electron chi connectivity index (χ2n) is 14.0. The molecule has 0 unspecified atom stereocenters. The maximum absolute atomic E-state index is 13.8. The van der Waals surface area contributed by atoms with Gasteiger partial charge in [0.15, 0.2) is 6.29 Å². The Labute approximate surface area is 289 Å². The van der Waals surface area contributed by atoms with Gasteiger partial charge in [-0.25, -0.2) is 13.1 Å². The minimum Gasteiger partial charge on any atom is -0.490 e. The maximum Gasteiger partial charge on any atom is 0.264 e. The van der Waals surface area contributed by atoms with E-state index in [-0.39, 0.29) is 41.8 Å². The fraction of sp³-hybridized carbons (Fsp3) is 0.568. The summed E-state index contributed by atoms with van der Waals surface area (Å²) in [5.74, 6) is -0.319. The van der Waals surface area contributed by atoms with E-state index in [0.717, 1.165) is 44.1 Å². The summed E-state index contributed by atoms with van der Waals surface area (Å²) in [4.78, 5) is 28.9. The van der Waals surface area contributed by atoms with E-state index in [1.165, 1.54) is 18.2 Å². The Kier molecular flexibility index (Phi) is 10.3. The summed E-state index contributed by atoms with van der Waals surface area (Å²) in [5, 5.41) is -0.182. The Morgan fingerprint density at radius 2 is 2.02 bits per heavy atom. The van der Waals surface area contributed by atoms with Gasteiger partial charge < -0.3 is 19.1 Å². The largest absolute Gasteiger partial charge is 0.490 e. The van der Waals surface area contributed by atoms with Crippen molar-refractivity contribution in [1.29, 1.82) is 0 Å². The number of rotatable bonds is 6. The molecule has 1 amide bonds. The molecule has 48 heavy (non-hydrogen) atoms. The average Bonchev–Trinajstić information content (AvgIpc) is 3.19. The third-order valence-corrected chi connectivity index (χ3v) is 13.3. The first-order chi connectivity index (χ1) is 23.0. The normalized spacial score (nSPS) is 32.1. The number of carbonyl (C=O) groups is 2. The second-order valence-corrected chi connectivity index (χ2v) is 16.4. The molecule has 2 heterocycles. The van der Waals surface area contributed by atoms with Gasteiger partial charge in [0.25, 0.3) is 5.91 Å². The lowest BCUT2D eigenvalue weighted by molar-refractivity contribution is -0.140. The molecule has 2 aliphatic carbocycles. The molecule has 2 aliphatic heterocycles. The van der Waals surface area contributed by atoms with Crippen molar-refractivity contribution < 1.29 is 32.2 Å². The average molecular weight is 699 g/mol. The third kappa shape index (κ3) is 6.65. The first-order valence-corrected chi connectivity index (χ1v) is 19.1. The van der Waals surface area contributed by atoms with E-state index in [9.17, 15) is 18.0 Å². The summed E-state index contributed by atoms with van der Waals surface area (Å²) >= 11 is 6.43. The molecule has 260 valence electrons. The van der Waals surface area contributed by atoms with Gasteiger partial charge in [0.05, 0.1) is 17.5 Å². The smallest absolute Gasteiger partial charge is 0.264 e. The van der Waals surface area contributed by atoms with Crippen molar-refractivity contribution in [2.24, 2.45) is 17.8 Å². The van der Waals surface area contributed by atoms with Gasteiger partial charge in [-0.05, 0) is 111 Å². The monoisotopic (exact) mass is 698 g/mol. The van der Waals surface area contributed by atoms with Gasteiger partial charge in [-0.15, -0.1) is 0 Å². The number of allylic oxidation sites excluding steroid dienone is 1. The summed E-state index contributed by atoms with van der Waals surface area (Å²) in [7, 11) is -2.57. The molecule has 2 aromatic carbocycles. The Bertz CT molecular complexity index is 1660. The number of hydrogen-bond donors (Lipinski definition) is 1. The molecule has 6 rings (SSSR count). The SMILES string of the molecule is CCO[C@]1(C=O)/C=C/C[C@H](C)[C@@H](CCOC)S(=O)(=O)NC(=O)c2ccc3c(c2)N(C[C@@H]2CC[C@H]21)C[C@@]1(CCCc2cc(Cl)ccc21)CO3. The summed E-state index contributed by atoms with van der Waals surface area (Å²) in [6.07, 6.45) is 9.88. The molecular weight excluding hydrogens is 652 g/mol. The van der Waals surface area contributed by atoms with Gasteiger partial charge in [-0.3, -0.25) is 9.59 Å². The van der Waals surface area contributed by atoms with E-state index in [0.29, 0.717) is 43.5 Å². The minimum atomic E-state index is -4.09. The number of fused-ring (bicyclic) bond motifs is 4. The van der Waals surface area contributed by atoms with Crippen molar-refractivity contribution in [3.05, 3.63) is 70.3 Å². The predicted molar refractivity (Wildman–Crippen MR) is 186 cm³/mol. The van der Waals surface area contributed by atoms with Crippen LogP contribution < -0.4 is 14.4 Å². The number of nitrogens with one attached hydrogen (secondary N) is 1. The van der Waals surface area contributed by atoms with Crippen LogP contribution in [0.1, 0.15) is 73.9 Å². The number of amides is 1. The lowest BCUT2D eigenvalue weighted by Gasteiger charge is -2.49. The van der Waals surface area contributed by atoms with Crippen LogP contribution in [0.2, 0.25) is 5.02 Å². The third-order valence-electron chi connectivity index (χ3n) is 11.1. The van der Waals surface area contributed by atoms with Crippen molar-refractivity contribution in [2.75, 3.05) is 44.9 Å². The van der Waals surface area contributed by atoms with Crippen LogP contribution in [0.5, 0.6) is 5.75 Å². The Hall–Kier alpha value is -2.92.